The minimum Gasteiger partial charge on any atom is -0.491 e. The van der Waals surface area contributed by atoms with E-state index in [-0.39, 0.29) is 17.6 Å². The number of amides is 2. The van der Waals surface area contributed by atoms with Crippen LogP contribution in [0.5, 0.6) is 5.75 Å². The highest BCUT2D eigenvalue weighted by atomic mass is 16.5. The molecule has 0 unspecified atom stereocenters. The van der Waals surface area contributed by atoms with Crippen LogP contribution in [0.25, 0.3) is 0 Å². The third kappa shape index (κ3) is 4.32. The van der Waals surface area contributed by atoms with Gasteiger partial charge in [0.15, 0.2) is 0 Å². The monoisotopic (exact) mass is 312 g/mol. The highest BCUT2D eigenvalue weighted by Crippen LogP contribution is 2.18. The van der Waals surface area contributed by atoms with Crippen molar-refractivity contribution in [2.45, 2.75) is 26.4 Å². The molecule has 23 heavy (non-hydrogen) atoms. The van der Waals surface area contributed by atoms with Crippen LogP contribution in [0.15, 0.2) is 48.5 Å². The molecule has 3 N–H and O–H groups in total. The van der Waals surface area contributed by atoms with E-state index in [9.17, 15) is 9.59 Å². The Bertz CT molecular complexity index is 696. The van der Waals surface area contributed by atoms with Crippen LogP contribution in [0.4, 0.5) is 5.69 Å². The van der Waals surface area contributed by atoms with Crippen LogP contribution in [0.3, 0.4) is 0 Å². The second kappa shape index (κ2) is 7.45. The van der Waals surface area contributed by atoms with Gasteiger partial charge in [0.25, 0.3) is 11.8 Å². The molecule has 2 amide bonds. The van der Waals surface area contributed by atoms with Gasteiger partial charge in [-0.3, -0.25) is 9.59 Å². The first-order valence-electron chi connectivity index (χ1n) is 7.48. The van der Waals surface area contributed by atoms with E-state index in [4.69, 9.17) is 10.5 Å². The standard InChI is InChI=1S/C18H20N2O3/c1-3-12(2)23-14-10-8-13(9-11-14)18(22)20-16-7-5-4-6-15(16)17(19)21/h4-12H,3H2,1-2H3,(H2,19,21)(H,20,22)/t12-/m1/s1. The molecule has 120 valence electrons. The molecular formula is C18H20N2O3. The van der Waals surface area contributed by atoms with Gasteiger partial charge in [-0.25, -0.2) is 0 Å². The lowest BCUT2D eigenvalue weighted by atomic mass is 10.1. The summed E-state index contributed by atoms with van der Waals surface area (Å²) in [5.74, 6) is -0.180. The largest absolute Gasteiger partial charge is 0.491 e. The third-order valence-electron chi connectivity index (χ3n) is 3.47. The SMILES string of the molecule is CC[C@@H](C)Oc1ccc(C(=O)Nc2ccccc2C(N)=O)cc1. The van der Waals surface area contributed by atoms with Crippen molar-refractivity contribution in [3.63, 3.8) is 0 Å². The Morgan fingerprint density at radius 3 is 2.39 bits per heavy atom. The van der Waals surface area contributed by atoms with Gasteiger partial charge < -0.3 is 15.8 Å². The van der Waals surface area contributed by atoms with E-state index in [0.717, 1.165) is 6.42 Å². The molecule has 5 heteroatoms. The summed E-state index contributed by atoms with van der Waals surface area (Å²) in [5, 5.41) is 2.70. The molecule has 0 saturated heterocycles. The highest BCUT2D eigenvalue weighted by Gasteiger charge is 2.12. The van der Waals surface area contributed by atoms with Gasteiger partial charge in [-0.2, -0.15) is 0 Å². The maximum absolute atomic E-state index is 12.3. The molecule has 1 atom stereocenters. The van der Waals surface area contributed by atoms with Gasteiger partial charge in [0.05, 0.1) is 17.4 Å². The Labute approximate surface area is 135 Å². The fraction of sp³-hybridized carbons (Fsp3) is 0.222. The average Bonchev–Trinajstić information content (AvgIpc) is 2.55. The Hall–Kier alpha value is -2.82. The predicted octanol–water partition coefficient (Wildman–Crippen LogP) is 3.22. The molecule has 0 radical (unpaired) electrons. The molecule has 2 aromatic carbocycles. The molecule has 0 fully saturated rings. The second-order valence-electron chi connectivity index (χ2n) is 5.23. The summed E-state index contributed by atoms with van der Waals surface area (Å²) in [6, 6.07) is 13.5. The minimum absolute atomic E-state index is 0.122. The van der Waals surface area contributed by atoms with Crippen molar-refractivity contribution in [2.75, 3.05) is 5.32 Å². The van der Waals surface area contributed by atoms with Crippen LogP contribution in [0, 0.1) is 0 Å². The summed E-state index contributed by atoms with van der Waals surface area (Å²) in [4.78, 5) is 23.6. The maximum Gasteiger partial charge on any atom is 0.255 e. The number of primary amides is 1. The first-order valence-corrected chi connectivity index (χ1v) is 7.48. The van der Waals surface area contributed by atoms with Crippen molar-refractivity contribution < 1.29 is 14.3 Å². The molecule has 0 saturated carbocycles. The summed E-state index contributed by atoms with van der Waals surface area (Å²) in [5.41, 5.74) is 6.44. The topological polar surface area (TPSA) is 81.4 Å². The molecule has 2 aromatic rings. The highest BCUT2D eigenvalue weighted by molar-refractivity contribution is 6.08. The zero-order chi connectivity index (χ0) is 16.8. The fourth-order valence-corrected chi connectivity index (χ4v) is 2.00. The lowest BCUT2D eigenvalue weighted by Gasteiger charge is -2.13. The van der Waals surface area contributed by atoms with E-state index in [1.807, 2.05) is 13.8 Å². The van der Waals surface area contributed by atoms with Crippen LogP contribution in [0.2, 0.25) is 0 Å². The van der Waals surface area contributed by atoms with Gasteiger partial charge in [-0.05, 0) is 49.7 Å². The summed E-state index contributed by atoms with van der Waals surface area (Å²) in [6.45, 7) is 4.03. The molecule has 0 spiro atoms. The molecular weight excluding hydrogens is 292 g/mol. The van der Waals surface area contributed by atoms with E-state index < -0.39 is 5.91 Å². The summed E-state index contributed by atoms with van der Waals surface area (Å²) < 4.78 is 5.67. The normalized spacial score (nSPS) is 11.6. The van der Waals surface area contributed by atoms with Gasteiger partial charge in [-0.1, -0.05) is 19.1 Å². The second-order valence-corrected chi connectivity index (χ2v) is 5.23. The summed E-state index contributed by atoms with van der Waals surface area (Å²) in [7, 11) is 0. The molecule has 0 aliphatic carbocycles. The molecule has 0 heterocycles. The van der Waals surface area contributed by atoms with Crippen molar-refractivity contribution in [2.24, 2.45) is 5.73 Å². The average molecular weight is 312 g/mol. The number of anilines is 1. The van der Waals surface area contributed by atoms with Crippen molar-refractivity contribution >= 4 is 17.5 Å². The quantitative estimate of drug-likeness (QED) is 0.859. The van der Waals surface area contributed by atoms with Crippen LogP contribution < -0.4 is 15.8 Å². The Morgan fingerprint density at radius 2 is 1.78 bits per heavy atom. The first kappa shape index (κ1) is 16.5. The van der Waals surface area contributed by atoms with E-state index in [1.54, 1.807) is 48.5 Å². The van der Waals surface area contributed by atoms with E-state index >= 15 is 0 Å². The van der Waals surface area contributed by atoms with Crippen molar-refractivity contribution in [3.8, 4) is 5.75 Å². The zero-order valence-electron chi connectivity index (χ0n) is 13.2. The van der Waals surface area contributed by atoms with Crippen LogP contribution in [-0.2, 0) is 0 Å². The lowest BCUT2D eigenvalue weighted by molar-refractivity contribution is 0.100. The molecule has 0 aliphatic rings. The Balaban J connectivity index is 2.11. The number of nitrogens with one attached hydrogen (secondary N) is 1. The number of carbonyl (C=O) groups is 2. The smallest absolute Gasteiger partial charge is 0.255 e. The molecule has 0 bridgehead atoms. The number of benzene rings is 2. The molecule has 5 nitrogen and oxygen atoms in total. The number of para-hydroxylation sites is 1. The minimum atomic E-state index is -0.585. The molecule has 2 rings (SSSR count). The number of ether oxygens (including phenoxy) is 1. The lowest BCUT2D eigenvalue weighted by Crippen LogP contribution is -2.18. The fourth-order valence-electron chi connectivity index (χ4n) is 2.00. The summed E-state index contributed by atoms with van der Waals surface area (Å²) in [6.07, 6.45) is 1.03. The van der Waals surface area contributed by atoms with Gasteiger partial charge in [-0.15, -0.1) is 0 Å². The Kier molecular flexibility index (Phi) is 5.36. The van der Waals surface area contributed by atoms with Gasteiger partial charge in [0, 0.05) is 5.56 Å². The number of rotatable bonds is 6. The first-order chi connectivity index (χ1) is 11.0. The molecule has 0 aliphatic heterocycles. The summed E-state index contributed by atoms with van der Waals surface area (Å²) >= 11 is 0. The predicted molar refractivity (Wildman–Crippen MR) is 89.7 cm³/mol. The number of nitrogens with two attached hydrogens (primary N) is 1. The maximum atomic E-state index is 12.3. The van der Waals surface area contributed by atoms with Gasteiger partial charge in [0.1, 0.15) is 5.75 Å². The zero-order valence-corrected chi connectivity index (χ0v) is 13.2. The van der Waals surface area contributed by atoms with Crippen molar-refractivity contribution in [3.05, 3.63) is 59.7 Å². The third-order valence-corrected chi connectivity index (χ3v) is 3.47. The van der Waals surface area contributed by atoms with Crippen molar-refractivity contribution in [1.29, 1.82) is 0 Å². The van der Waals surface area contributed by atoms with E-state index in [0.29, 0.717) is 17.0 Å². The van der Waals surface area contributed by atoms with Crippen molar-refractivity contribution in [1.82, 2.24) is 0 Å². The van der Waals surface area contributed by atoms with Gasteiger partial charge >= 0.3 is 0 Å². The number of carbonyl (C=O) groups excluding carboxylic acids is 2. The number of hydrogen-bond donors (Lipinski definition) is 2. The van der Waals surface area contributed by atoms with Gasteiger partial charge in [0.2, 0.25) is 0 Å². The van der Waals surface area contributed by atoms with Crippen LogP contribution >= 0.6 is 0 Å². The van der Waals surface area contributed by atoms with Crippen LogP contribution in [-0.4, -0.2) is 17.9 Å². The Morgan fingerprint density at radius 1 is 1.13 bits per heavy atom. The van der Waals surface area contributed by atoms with Crippen LogP contribution in [0.1, 0.15) is 41.0 Å². The number of hydrogen-bond acceptors (Lipinski definition) is 3. The molecule has 0 aromatic heterocycles. The van der Waals surface area contributed by atoms with E-state index in [1.165, 1.54) is 0 Å². The van der Waals surface area contributed by atoms with E-state index in [2.05, 4.69) is 5.32 Å².